The van der Waals surface area contributed by atoms with Crippen molar-refractivity contribution in [3.63, 3.8) is 0 Å². The van der Waals surface area contributed by atoms with Crippen LogP contribution in [0.4, 0.5) is 11.4 Å². The van der Waals surface area contributed by atoms with Gasteiger partial charge >= 0.3 is 0 Å². The Hall–Kier alpha value is -4.15. The van der Waals surface area contributed by atoms with Gasteiger partial charge in [-0.2, -0.15) is 0 Å². The maximum Gasteiger partial charge on any atom is 0.296 e. The minimum Gasteiger partial charge on any atom is -0.454 e. The van der Waals surface area contributed by atoms with Crippen LogP contribution in [-0.2, 0) is 15.6 Å². The first-order valence-electron chi connectivity index (χ1n) is 11.7. The van der Waals surface area contributed by atoms with Crippen LogP contribution in [-0.4, -0.2) is 34.4 Å². The predicted molar refractivity (Wildman–Crippen MR) is 126 cm³/mol. The Kier molecular flexibility index (Phi) is 3.84. The Balaban J connectivity index is 1.39. The van der Waals surface area contributed by atoms with Gasteiger partial charge in [-0.15, -0.1) is 0 Å². The second-order valence-corrected chi connectivity index (χ2v) is 10.4. The van der Waals surface area contributed by atoms with Crippen LogP contribution in [0.1, 0.15) is 45.0 Å². The molecule has 2 aliphatic heterocycles. The highest BCUT2D eigenvalue weighted by Gasteiger charge is 2.73. The van der Waals surface area contributed by atoms with Gasteiger partial charge in [0.25, 0.3) is 5.69 Å². The lowest BCUT2D eigenvalue weighted by Gasteiger charge is -2.39. The molecule has 184 valence electrons. The number of ether oxygens (including phenoxy) is 4. The number of amides is 1. The number of carbonyl (C=O) groups excluding carboxylic acids is 1. The lowest BCUT2D eigenvalue weighted by molar-refractivity contribution is -0.384. The molecule has 3 heterocycles. The number of benzene rings is 2. The minimum absolute atomic E-state index is 0.0340. The third-order valence-corrected chi connectivity index (χ3v) is 8.86. The van der Waals surface area contributed by atoms with Crippen molar-refractivity contribution in [1.82, 2.24) is 9.97 Å². The van der Waals surface area contributed by atoms with E-state index in [1.54, 1.807) is 6.07 Å². The zero-order valence-corrected chi connectivity index (χ0v) is 19.8. The summed E-state index contributed by atoms with van der Waals surface area (Å²) in [6, 6.07) is 6.31. The Bertz CT molecular complexity index is 1540. The summed E-state index contributed by atoms with van der Waals surface area (Å²) < 4.78 is 21.7. The van der Waals surface area contributed by atoms with E-state index in [-0.39, 0.29) is 36.6 Å². The quantitative estimate of drug-likeness (QED) is 0.427. The van der Waals surface area contributed by atoms with Crippen LogP contribution in [0.15, 0.2) is 24.3 Å². The molecule has 4 aliphatic rings. The number of anilines is 1. The highest BCUT2D eigenvalue weighted by molar-refractivity contribution is 6.03. The highest BCUT2D eigenvalue weighted by atomic mass is 16.7. The van der Waals surface area contributed by atoms with E-state index >= 15 is 0 Å². The number of hydrogen-bond donors (Lipinski definition) is 1. The van der Waals surface area contributed by atoms with Crippen molar-refractivity contribution in [1.29, 1.82) is 0 Å². The van der Waals surface area contributed by atoms with E-state index in [1.807, 2.05) is 19.9 Å². The number of hydrogen-bond acceptors (Lipinski definition) is 9. The van der Waals surface area contributed by atoms with Gasteiger partial charge in [0, 0.05) is 23.6 Å². The van der Waals surface area contributed by atoms with Crippen molar-refractivity contribution in [2.45, 2.75) is 44.4 Å². The largest absolute Gasteiger partial charge is 0.454 e. The summed E-state index contributed by atoms with van der Waals surface area (Å²) in [5.74, 6) is 1.46. The standard InChI is InChI=1S/C25H22N4O7/c1-23(2)24(3)4-5-25(23,21-20(24)26-12-6-16-17(34-10-33-16)7-13(12)27-21)22(30)28-14-8-18-19(36-11-35-18)9-15(14)29(31)32/h6-9H,4-5,10-11H2,1-3H3,(H,28,30). The molecule has 1 fully saturated rings. The molecule has 0 radical (unpaired) electrons. The Morgan fingerprint density at radius 3 is 2.06 bits per heavy atom. The molecule has 2 atom stereocenters. The van der Waals surface area contributed by atoms with Gasteiger partial charge in [-0.1, -0.05) is 20.8 Å². The van der Waals surface area contributed by atoms with E-state index < -0.39 is 21.2 Å². The third kappa shape index (κ3) is 2.35. The van der Waals surface area contributed by atoms with Crippen molar-refractivity contribution >= 4 is 28.3 Å². The fourth-order valence-corrected chi connectivity index (χ4v) is 6.41. The fourth-order valence-electron chi connectivity index (χ4n) is 6.41. The molecule has 11 heteroatoms. The number of nitro benzene ring substituents is 1. The smallest absolute Gasteiger partial charge is 0.296 e. The first-order valence-corrected chi connectivity index (χ1v) is 11.7. The van der Waals surface area contributed by atoms with Gasteiger partial charge in [0.15, 0.2) is 23.0 Å². The van der Waals surface area contributed by atoms with Gasteiger partial charge < -0.3 is 24.3 Å². The maximum absolute atomic E-state index is 14.2. The number of fused-ring (bicyclic) bond motifs is 8. The molecule has 2 unspecified atom stereocenters. The number of nitro groups is 1. The lowest BCUT2D eigenvalue weighted by Crippen LogP contribution is -2.48. The number of nitrogens with one attached hydrogen (secondary N) is 1. The molecule has 0 saturated heterocycles. The van der Waals surface area contributed by atoms with Gasteiger partial charge in [-0.3, -0.25) is 14.9 Å². The maximum atomic E-state index is 14.2. The molecule has 1 N–H and O–H groups in total. The lowest BCUT2D eigenvalue weighted by atomic mass is 9.63. The summed E-state index contributed by atoms with van der Waals surface area (Å²) in [6.45, 7) is 6.32. The van der Waals surface area contributed by atoms with E-state index in [2.05, 4.69) is 12.2 Å². The number of aromatic nitrogens is 2. The summed E-state index contributed by atoms with van der Waals surface area (Å²) in [5.41, 5.74) is 0.420. The Labute approximate surface area is 204 Å². The average Bonchev–Trinajstić information content (AvgIpc) is 3.56. The molecule has 2 bridgehead atoms. The van der Waals surface area contributed by atoms with E-state index in [0.29, 0.717) is 40.4 Å². The second kappa shape index (κ2) is 6.54. The van der Waals surface area contributed by atoms with Gasteiger partial charge in [0.2, 0.25) is 19.5 Å². The molecule has 1 saturated carbocycles. The Morgan fingerprint density at radius 1 is 0.889 bits per heavy atom. The molecule has 7 rings (SSSR count). The summed E-state index contributed by atoms with van der Waals surface area (Å²) in [5, 5.41) is 14.7. The van der Waals surface area contributed by atoms with Gasteiger partial charge in [-0.25, -0.2) is 9.97 Å². The van der Waals surface area contributed by atoms with Gasteiger partial charge in [0.1, 0.15) is 5.69 Å². The molecule has 36 heavy (non-hydrogen) atoms. The first kappa shape index (κ1) is 21.2. The van der Waals surface area contributed by atoms with E-state index in [4.69, 9.17) is 28.9 Å². The molecular formula is C25H22N4O7. The molecular weight excluding hydrogens is 468 g/mol. The van der Waals surface area contributed by atoms with Gasteiger partial charge in [-0.05, 0) is 18.3 Å². The second-order valence-electron chi connectivity index (χ2n) is 10.4. The van der Waals surface area contributed by atoms with Crippen LogP contribution in [0, 0.1) is 15.5 Å². The van der Waals surface area contributed by atoms with E-state index in [9.17, 15) is 14.9 Å². The summed E-state index contributed by atoms with van der Waals surface area (Å²) >= 11 is 0. The van der Waals surface area contributed by atoms with Crippen LogP contribution in [0.5, 0.6) is 23.0 Å². The summed E-state index contributed by atoms with van der Waals surface area (Å²) in [7, 11) is 0. The topological polar surface area (TPSA) is 135 Å². The zero-order valence-electron chi connectivity index (χ0n) is 19.8. The monoisotopic (exact) mass is 490 g/mol. The SMILES string of the molecule is CC12CCC(C(=O)Nc3cc4c(cc3[N+](=O)[O-])OCO4)(c3nc4cc5c(cc4nc31)OCO5)C2(C)C. The van der Waals surface area contributed by atoms with Crippen LogP contribution >= 0.6 is 0 Å². The number of rotatable bonds is 3. The van der Waals surface area contributed by atoms with Crippen molar-refractivity contribution < 1.29 is 28.7 Å². The first-order chi connectivity index (χ1) is 17.2. The van der Waals surface area contributed by atoms with Crippen LogP contribution < -0.4 is 24.3 Å². The third-order valence-electron chi connectivity index (χ3n) is 8.86. The van der Waals surface area contributed by atoms with E-state index in [0.717, 1.165) is 12.1 Å². The normalized spacial score (nSPS) is 25.8. The Morgan fingerprint density at radius 2 is 1.44 bits per heavy atom. The molecule has 1 amide bonds. The number of nitrogens with zero attached hydrogens (tertiary/aromatic N) is 3. The van der Waals surface area contributed by atoms with E-state index in [1.165, 1.54) is 12.1 Å². The molecule has 0 spiro atoms. The van der Waals surface area contributed by atoms with Gasteiger partial charge in [0.05, 0.1) is 38.8 Å². The molecule has 1 aromatic heterocycles. The van der Waals surface area contributed by atoms with Crippen LogP contribution in [0.25, 0.3) is 11.0 Å². The fraction of sp³-hybridized carbons (Fsp3) is 0.400. The molecule has 2 aromatic carbocycles. The average molecular weight is 490 g/mol. The zero-order chi connectivity index (χ0) is 25.0. The van der Waals surface area contributed by atoms with Crippen LogP contribution in [0.2, 0.25) is 0 Å². The molecule has 3 aromatic rings. The summed E-state index contributed by atoms with van der Waals surface area (Å²) in [4.78, 5) is 35.4. The predicted octanol–water partition coefficient (Wildman–Crippen LogP) is 3.96. The van der Waals surface area contributed by atoms with Crippen molar-refractivity contribution in [2.75, 3.05) is 18.9 Å². The number of carbonyl (C=O) groups is 1. The minimum atomic E-state index is -1.04. The van der Waals surface area contributed by atoms with Crippen molar-refractivity contribution in [3.05, 3.63) is 45.8 Å². The van der Waals surface area contributed by atoms with Crippen LogP contribution in [0.3, 0.4) is 0 Å². The molecule has 11 nitrogen and oxygen atoms in total. The van der Waals surface area contributed by atoms with Crippen molar-refractivity contribution in [2.24, 2.45) is 5.41 Å². The van der Waals surface area contributed by atoms with Crippen molar-refractivity contribution in [3.8, 4) is 23.0 Å². The highest BCUT2D eigenvalue weighted by Crippen LogP contribution is 2.70. The molecule has 2 aliphatic carbocycles. The summed E-state index contributed by atoms with van der Waals surface area (Å²) in [6.07, 6.45) is 1.27.